The number of nitrogens with one attached hydrogen (secondary N) is 1. The lowest BCUT2D eigenvalue weighted by Gasteiger charge is -2.26. The van der Waals surface area contributed by atoms with Crippen molar-refractivity contribution in [2.75, 3.05) is 6.54 Å². The Bertz CT molecular complexity index is 1020. The molecule has 0 saturated heterocycles. The van der Waals surface area contributed by atoms with Crippen LogP contribution in [0.25, 0.3) is 17.1 Å². The van der Waals surface area contributed by atoms with E-state index in [4.69, 9.17) is 10.2 Å². The summed E-state index contributed by atoms with van der Waals surface area (Å²) in [5.74, 6) is -0.501. The molecule has 1 fully saturated rings. The van der Waals surface area contributed by atoms with Gasteiger partial charge in [-0.05, 0) is 37.0 Å². The van der Waals surface area contributed by atoms with Gasteiger partial charge in [0.05, 0.1) is 18.1 Å². The second-order valence-corrected chi connectivity index (χ2v) is 7.33. The second-order valence-electron chi connectivity index (χ2n) is 7.33. The van der Waals surface area contributed by atoms with Gasteiger partial charge in [-0.1, -0.05) is 19.3 Å². The average Bonchev–Trinajstić information content (AvgIpc) is 3.41. The van der Waals surface area contributed by atoms with Crippen molar-refractivity contribution in [3.05, 3.63) is 42.2 Å². The summed E-state index contributed by atoms with van der Waals surface area (Å²) in [4.78, 5) is 32.7. The molecular formula is C20H23N5O4. The second kappa shape index (κ2) is 8.04. The molecule has 9 nitrogen and oxygen atoms in total. The number of amides is 2. The van der Waals surface area contributed by atoms with Gasteiger partial charge in [0.15, 0.2) is 17.1 Å². The van der Waals surface area contributed by atoms with E-state index in [0.29, 0.717) is 11.5 Å². The zero-order valence-corrected chi connectivity index (χ0v) is 15.9. The van der Waals surface area contributed by atoms with Crippen molar-refractivity contribution in [3.8, 4) is 11.5 Å². The molecule has 152 valence electrons. The zero-order chi connectivity index (χ0) is 20.4. The number of rotatable bonds is 6. The number of aliphatic hydroxyl groups excluding tert-OH is 1. The Balaban J connectivity index is 1.61. The van der Waals surface area contributed by atoms with Crippen molar-refractivity contribution in [3.63, 3.8) is 0 Å². The van der Waals surface area contributed by atoms with E-state index in [1.165, 1.54) is 19.0 Å². The van der Waals surface area contributed by atoms with Crippen LogP contribution < -0.4 is 11.1 Å². The molecule has 2 amide bonds. The Labute approximate surface area is 166 Å². The molecule has 29 heavy (non-hydrogen) atoms. The monoisotopic (exact) mass is 397 g/mol. The largest absolute Gasteiger partial charge is 0.463 e. The van der Waals surface area contributed by atoms with Gasteiger partial charge in [-0.3, -0.25) is 14.0 Å². The van der Waals surface area contributed by atoms with Crippen molar-refractivity contribution >= 4 is 17.5 Å². The molecule has 4 rings (SSSR count). The molecule has 1 unspecified atom stereocenters. The van der Waals surface area contributed by atoms with Gasteiger partial charge in [-0.25, -0.2) is 9.97 Å². The number of carbonyl (C=O) groups excluding carboxylic acids is 2. The molecular weight excluding hydrogens is 374 g/mol. The lowest BCUT2D eigenvalue weighted by atomic mass is 9.85. The predicted molar refractivity (Wildman–Crippen MR) is 104 cm³/mol. The van der Waals surface area contributed by atoms with Gasteiger partial charge in [0.1, 0.15) is 12.0 Å². The van der Waals surface area contributed by atoms with Gasteiger partial charge in [-0.15, -0.1) is 0 Å². The number of nitrogens with two attached hydrogens (primary N) is 1. The fraction of sp³-hybridized carbons (Fsp3) is 0.400. The molecule has 0 radical (unpaired) electrons. The topological polar surface area (TPSA) is 136 Å². The number of hydrogen-bond donors (Lipinski definition) is 3. The van der Waals surface area contributed by atoms with E-state index < -0.39 is 17.9 Å². The summed E-state index contributed by atoms with van der Waals surface area (Å²) in [6, 6.07) is 5.00. The molecule has 0 aromatic carbocycles. The van der Waals surface area contributed by atoms with Crippen molar-refractivity contribution in [2.45, 2.75) is 38.2 Å². The van der Waals surface area contributed by atoms with Crippen LogP contribution in [-0.2, 0) is 0 Å². The van der Waals surface area contributed by atoms with Crippen LogP contribution in [0.5, 0.6) is 0 Å². The van der Waals surface area contributed by atoms with Crippen molar-refractivity contribution < 1.29 is 19.1 Å². The highest BCUT2D eigenvalue weighted by molar-refractivity contribution is 5.99. The van der Waals surface area contributed by atoms with Gasteiger partial charge >= 0.3 is 0 Å². The third-order valence-electron chi connectivity index (χ3n) is 5.41. The summed E-state index contributed by atoms with van der Waals surface area (Å²) >= 11 is 0. The standard InChI is InChI=1S/C20H23N5O4/c21-18(27)17-19-24-13(9-14(25(19)11-23-17)16-7-4-8-29-16)20(28)22-10-15(26)12-5-2-1-3-6-12/h4,7-9,11-12,15,26H,1-3,5-6,10H2,(H2,21,27)(H,22,28). The van der Waals surface area contributed by atoms with Crippen LogP contribution >= 0.6 is 0 Å². The first-order chi connectivity index (χ1) is 14.0. The van der Waals surface area contributed by atoms with Crippen LogP contribution in [0, 0.1) is 5.92 Å². The number of aliphatic hydroxyl groups is 1. The molecule has 1 aliphatic carbocycles. The molecule has 0 spiro atoms. The van der Waals surface area contributed by atoms with E-state index in [-0.39, 0.29) is 29.5 Å². The SMILES string of the molecule is NC(=O)c1ncn2c(-c3ccco3)cc(C(=O)NCC(O)C3CCCCC3)nc12. The Morgan fingerprint density at radius 1 is 1.34 bits per heavy atom. The molecule has 0 bridgehead atoms. The number of aromatic nitrogens is 3. The molecule has 0 aliphatic heterocycles. The number of hydrogen-bond acceptors (Lipinski definition) is 6. The van der Waals surface area contributed by atoms with Crippen LogP contribution in [0.15, 0.2) is 35.2 Å². The summed E-state index contributed by atoms with van der Waals surface area (Å²) in [6.07, 6.45) is 7.69. The zero-order valence-electron chi connectivity index (χ0n) is 15.9. The first-order valence-corrected chi connectivity index (χ1v) is 9.72. The fourth-order valence-electron chi connectivity index (χ4n) is 3.85. The molecule has 3 heterocycles. The van der Waals surface area contributed by atoms with E-state index in [1.54, 1.807) is 22.6 Å². The maximum Gasteiger partial charge on any atom is 0.271 e. The van der Waals surface area contributed by atoms with Gasteiger partial charge in [0.25, 0.3) is 11.8 Å². The van der Waals surface area contributed by atoms with Crippen LogP contribution in [0.3, 0.4) is 0 Å². The summed E-state index contributed by atoms with van der Waals surface area (Å²) in [5, 5.41) is 13.2. The highest BCUT2D eigenvalue weighted by Gasteiger charge is 2.24. The van der Waals surface area contributed by atoms with Crippen molar-refractivity contribution in [2.24, 2.45) is 11.7 Å². The predicted octanol–water partition coefficient (Wildman–Crippen LogP) is 1.76. The van der Waals surface area contributed by atoms with Crippen molar-refractivity contribution in [1.29, 1.82) is 0 Å². The quantitative estimate of drug-likeness (QED) is 0.580. The minimum atomic E-state index is -0.740. The highest BCUT2D eigenvalue weighted by Crippen LogP contribution is 2.26. The number of nitrogens with zero attached hydrogens (tertiary/aromatic N) is 3. The minimum absolute atomic E-state index is 0.0327. The Morgan fingerprint density at radius 3 is 2.83 bits per heavy atom. The Morgan fingerprint density at radius 2 is 2.14 bits per heavy atom. The molecule has 1 atom stereocenters. The lowest BCUT2D eigenvalue weighted by molar-refractivity contribution is 0.0736. The van der Waals surface area contributed by atoms with Crippen LogP contribution in [-0.4, -0.2) is 43.9 Å². The third-order valence-corrected chi connectivity index (χ3v) is 5.41. The molecule has 9 heteroatoms. The first-order valence-electron chi connectivity index (χ1n) is 9.72. The van der Waals surface area contributed by atoms with Crippen LogP contribution in [0.2, 0.25) is 0 Å². The smallest absolute Gasteiger partial charge is 0.271 e. The first kappa shape index (κ1) is 19.1. The van der Waals surface area contributed by atoms with Gasteiger partial charge in [0.2, 0.25) is 0 Å². The number of primary amides is 1. The summed E-state index contributed by atoms with van der Waals surface area (Å²) in [7, 11) is 0. The molecule has 3 aromatic rings. The van der Waals surface area contributed by atoms with E-state index in [0.717, 1.165) is 25.7 Å². The normalized spacial score (nSPS) is 16.0. The maximum absolute atomic E-state index is 12.7. The number of furan rings is 1. The minimum Gasteiger partial charge on any atom is -0.463 e. The van der Waals surface area contributed by atoms with E-state index in [2.05, 4.69) is 15.3 Å². The highest BCUT2D eigenvalue weighted by atomic mass is 16.3. The molecule has 1 aliphatic rings. The number of fused-ring (bicyclic) bond motifs is 1. The third kappa shape index (κ3) is 3.86. The lowest BCUT2D eigenvalue weighted by Crippen LogP contribution is -2.37. The van der Waals surface area contributed by atoms with E-state index >= 15 is 0 Å². The van der Waals surface area contributed by atoms with Gasteiger partial charge < -0.3 is 20.6 Å². The number of imidazole rings is 1. The van der Waals surface area contributed by atoms with E-state index in [1.807, 2.05) is 0 Å². The van der Waals surface area contributed by atoms with Crippen molar-refractivity contribution in [1.82, 2.24) is 19.7 Å². The fourth-order valence-corrected chi connectivity index (χ4v) is 3.85. The molecule has 3 aromatic heterocycles. The average molecular weight is 397 g/mol. The maximum atomic E-state index is 12.7. The van der Waals surface area contributed by atoms with Crippen LogP contribution in [0.4, 0.5) is 0 Å². The van der Waals surface area contributed by atoms with E-state index in [9.17, 15) is 14.7 Å². The Kier molecular flexibility index (Phi) is 5.30. The number of carbonyl (C=O) groups is 2. The summed E-state index contributed by atoms with van der Waals surface area (Å²) in [5.41, 5.74) is 6.12. The summed E-state index contributed by atoms with van der Waals surface area (Å²) < 4.78 is 6.99. The summed E-state index contributed by atoms with van der Waals surface area (Å²) in [6.45, 7) is 0.147. The van der Waals surface area contributed by atoms with Crippen LogP contribution in [0.1, 0.15) is 53.1 Å². The molecule has 1 saturated carbocycles. The molecule has 4 N–H and O–H groups in total. The van der Waals surface area contributed by atoms with Gasteiger partial charge in [-0.2, -0.15) is 0 Å². The Hall–Kier alpha value is -3.20. The van der Waals surface area contributed by atoms with Gasteiger partial charge in [0, 0.05) is 6.54 Å².